The van der Waals surface area contributed by atoms with Crippen molar-refractivity contribution < 1.29 is 9.59 Å². The monoisotopic (exact) mass is 317 g/mol. The summed E-state index contributed by atoms with van der Waals surface area (Å²) in [5.41, 5.74) is 1.58. The van der Waals surface area contributed by atoms with E-state index < -0.39 is 0 Å². The molecule has 0 spiro atoms. The molecule has 2 aromatic rings. The number of amides is 1. The minimum atomic E-state index is -0.0227. The van der Waals surface area contributed by atoms with Gasteiger partial charge in [-0.1, -0.05) is 6.58 Å². The van der Waals surface area contributed by atoms with E-state index in [1.165, 1.54) is 0 Å². The number of allylic oxidation sites excluding steroid dienone is 1. The fourth-order valence-corrected chi connectivity index (χ4v) is 2.97. The van der Waals surface area contributed by atoms with Gasteiger partial charge in [0.05, 0.1) is 6.04 Å². The van der Waals surface area contributed by atoms with Crippen LogP contribution in [0.2, 0.25) is 0 Å². The fourth-order valence-electron chi connectivity index (χ4n) is 2.13. The van der Waals surface area contributed by atoms with Crippen LogP contribution in [0.4, 0.5) is 0 Å². The standard InChI is InChI=1S/C9H7NOS.C7H12N2O/c11-7-8-3-6-12-9(8)10-4-1-2-5-10;1-5-3-4-6(8-2)7(10)9-5/h1-7H;6,8H,1,3-4H2,2H3,(H,9,10). The van der Waals surface area contributed by atoms with Gasteiger partial charge in [0.25, 0.3) is 0 Å². The Morgan fingerprint density at radius 2 is 2.18 bits per heavy atom. The number of carbonyl (C=O) groups excluding carboxylic acids is 2. The van der Waals surface area contributed by atoms with Gasteiger partial charge in [0.2, 0.25) is 5.91 Å². The van der Waals surface area contributed by atoms with Crippen LogP contribution < -0.4 is 10.6 Å². The van der Waals surface area contributed by atoms with Crippen LogP contribution in [0.5, 0.6) is 0 Å². The maximum Gasteiger partial charge on any atom is 0.241 e. The number of rotatable bonds is 3. The molecule has 1 amide bonds. The van der Waals surface area contributed by atoms with Crippen LogP contribution in [0.25, 0.3) is 5.00 Å². The molecule has 5 nitrogen and oxygen atoms in total. The molecular formula is C16H19N3O2S. The third-order valence-electron chi connectivity index (χ3n) is 3.34. The van der Waals surface area contributed by atoms with Gasteiger partial charge in [-0.3, -0.25) is 9.59 Å². The van der Waals surface area contributed by atoms with Crippen LogP contribution in [0.15, 0.2) is 48.2 Å². The molecule has 1 saturated heterocycles. The summed E-state index contributed by atoms with van der Waals surface area (Å²) >= 11 is 1.56. The predicted molar refractivity (Wildman–Crippen MR) is 88.4 cm³/mol. The molecule has 3 heterocycles. The van der Waals surface area contributed by atoms with Gasteiger partial charge >= 0.3 is 0 Å². The normalized spacial score (nSPS) is 17.4. The summed E-state index contributed by atoms with van der Waals surface area (Å²) in [6.45, 7) is 3.67. The Hall–Kier alpha value is -2.18. The maximum atomic E-state index is 11.0. The van der Waals surface area contributed by atoms with E-state index in [0.29, 0.717) is 0 Å². The first-order valence-electron chi connectivity index (χ1n) is 6.97. The van der Waals surface area contributed by atoms with Crippen molar-refractivity contribution in [1.82, 2.24) is 15.2 Å². The summed E-state index contributed by atoms with van der Waals surface area (Å²) in [5.74, 6) is 0.0405. The molecular weight excluding hydrogens is 298 g/mol. The number of hydrogen-bond donors (Lipinski definition) is 2. The van der Waals surface area contributed by atoms with Gasteiger partial charge in [-0.25, -0.2) is 0 Å². The number of hydrogen-bond acceptors (Lipinski definition) is 4. The Balaban J connectivity index is 0.000000164. The molecule has 3 rings (SSSR count). The summed E-state index contributed by atoms with van der Waals surface area (Å²) in [5, 5.41) is 8.50. The maximum absolute atomic E-state index is 11.0. The smallest absolute Gasteiger partial charge is 0.241 e. The molecule has 0 saturated carbocycles. The molecule has 0 aliphatic carbocycles. The molecule has 1 unspecified atom stereocenters. The average molecular weight is 317 g/mol. The summed E-state index contributed by atoms with van der Waals surface area (Å²) in [4.78, 5) is 21.6. The van der Waals surface area contributed by atoms with Crippen molar-refractivity contribution >= 4 is 23.5 Å². The zero-order chi connectivity index (χ0) is 15.9. The van der Waals surface area contributed by atoms with E-state index in [4.69, 9.17) is 0 Å². The lowest BCUT2D eigenvalue weighted by Gasteiger charge is -2.22. The van der Waals surface area contributed by atoms with E-state index in [2.05, 4.69) is 17.2 Å². The fraction of sp³-hybridized carbons (Fsp3) is 0.250. The van der Waals surface area contributed by atoms with Crippen molar-refractivity contribution in [3.63, 3.8) is 0 Å². The van der Waals surface area contributed by atoms with Crippen LogP contribution in [0.1, 0.15) is 23.2 Å². The summed E-state index contributed by atoms with van der Waals surface area (Å²) in [6.07, 6.45) is 6.49. The summed E-state index contributed by atoms with van der Waals surface area (Å²) in [6, 6.07) is 5.68. The molecule has 6 heteroatoms. The van der Waals surface area contributed by atoms with E-state index in [9.17, 15) is 9.59 Å². The highest BCUT2D eigenvalue weighted by atomic mass is 32.1. The second-order valence-corrected chi connectivity index (χ2v) is 5.76. The van der Waals surface area contributed by atoms with Gasteiger partial charge in [0.1, 0.15) is 5.00 Å². The third-order valence-corrected chi connectivity index (χ3v) is 4.28. The zero-order valence-electron chi connectivity index (χ0n) is 12.4. The average Bonchev–Trinajstić information content (AvgIpc) is 3.18. The SMILES string of the molecule is C=C1CCC(NC)C(=O)N1.O=Cc1ccsc1-n1cccc1. The molecule has 116 valence electrons. The lowest BCUT2D eigenvalue weighted by molar-refractivity contribution is -0.123. The number of thiophene rings is 1. The molecule has 1 atom stereocenters. The van der Waals surface area contributed by atoms with Crippen LogP contribution in [0, 0.1) is 0 Å². The highest BCUT2D eigenvalue weighted by Gasteiger charge is 2.21. The molecule has 0 aromatic carbocycles. The molecule has 0 radical (unpaired) electrons. The first-order valence-corrected chi connectivity index (χ1v) is 7.85. The summed E-state index contributed by atoms with van der Waals surface area (Å²) in [7, 11) is 1.79. The molecule has 0 bridgehead atoms. The largest absolute Gasteiger partial charge is 0.329 e. The van der Waals surface area contributed by atoms with Gasteiger partial charge in [0.15, 0.2) is 6.29 Å². The third kappa shape index (κ3) is 3.93. The molecule has 1 aliphatic rings. The van der Waals surface area contributed by atoms with Gasteiger partial charge in [-0.15, -0.1) is 11.3 Å². The Morgan fingerprint density at radius 1 is 1.45 bits per heavy atom. The van der Waals surface area contributed by atoms with E-state index in [1.54, 1.807) is 18.4 Å². The first kappa shape index (κ1) is 16.2. The Kier molecular flexibility index (Phi) is 5.68. The highest BCUT2D eigenvalue weighted by molar-refractivity contribution is 7.12. The minimum Gasteiger partial charge on any atom is -0.329 e. The van der Waals surface area contributed by atoms with E-state index in [1.807, 2.05) is 40.5 Å². The topological polar surface area (TPSA) is 63.1 Å². The van der Waals surface area contributed by atoms with Gasteiger partial charge in [-0.05, 0) is 43.5 Å². The van der Waals surface area contributed by atoms with Crippen LogP contribution in [-0.2, 0) is 4.79 Å². The summed E-state index contributed by atoms with van der Waals surface area (Å²) < 4.78 is 1.94. The number of aromatic nitrogens is 1. The number of carbonyl (C=O) groups is 2. The molecule has 2 N–H and O–H groups in total. The van der Waals surface area contributed by atoms with Crippen molar-refractivity contribution in [1.29, 1.82) is 0 Å². The lowest BCUT2D eigenvalue weighted by atomic mass is 10.1. The first-order chi connectivity index (χ1) is 10.7. The molecule has 2 aromatic heterocycles. The Bertz CT molecular complexity index is 646. The number of piperidine rings is 1. The van der Waals surface area contributed by atoms with E-state index >= 15 is 0 Å². The highest BCUT2D eigenvalue weighted by Crippen LogP contribution is 2.19. The van der Waals surface area contributed by atoms with Crippen molar-refractivity contribution in [2.24, 2.45) is 0 Å². The zero-order valence-corrected chi connectivity index (χ0v) is 13.2. The van der Waals surface area contributed by atoms with Crippen molar-refractivity contribution in [3.05, 3.63) is 53.8 Å². The number of nitrogens with zero attached hydrogens (tertiary/aromatic N) is 1. The van der Waals surface area contributed by atoms with Crippen molar-refractivity contribution in [3.8, 4) is 5.00 Å². The quantitative estimate of drug-likeness (QED) is 0.854. The van der Waals surface area contributed by atoms with Gasteiger partial charge in [-0.2, -0.15) is 0 Å². The van der Waals surface area contributed by atoms with Gasteiger partial charge in [0, 0.05) is 23.7 Å². The Labute approximate surface area is 133 Å². The van der Waals surface area contributed by atoms with Gasteiger partial charge < -0.3 is 15.2 Å². The van der Waals surface area contributed by atoms with Crippen molar-refractivity contribution in [2.45, 2.75) is 18.9 Å². The van der Waals surface area contributed by atoms with E-state index in [-0.39, 0.29) is 11.9 Å². The lowest BCUT2D eigenvalue weighted by Crippen LogP contribution is -2.45. The van der Waals surface area contributed by atoms with Crippen LogP contribution in [-0.4, -0.2) is 29.8 Å². The molecule has 1 aliphatic heterocycles. The number of likely N-dealkylation sites (N-methyl/N-ethyl adjacent to an activating group) is 1. The van der Waals surface area contributed by atoms with Crippen molar-refractivity contribution in [2.75, 3.05) is 7.05 Å². The minimum absolute atomic E-state index is 0.0227. The van der Waals surface area contributed by atoms with Crippen LogP contribution >= 0.6 is 11.3 Å². The molecule has 1 fully saturated rings. The van der Waals surface area contributed by atoms with E-state index in [0.717, 1.165) is 35.4 Å². The second-order valence-electron chi connectivity index (χ2n) is 4.86. The second kappa shape index (κ2) is 7.72. The predicted octanol–water partition coefficient (Wildman–Crippen LogP) is 2.35. The Morgan fingerprint density at radius 3 is 2.77 bits per heavy atom. The molecule has 22 heavy (non-hydrogen) atoms. The number of nitrogens with one attached hydrogen (secondary N) is 2. The van der Waals surface area contributed by atoms with Crippen LogP contribution in [0.3, 0.4) is 0 Å². The number of aldehydes is 1.